The van der Waals surface area contributed by atoms with Crippen LogP contribution in [-0.4, -0.2) is 17.2 Å². The molecule has 0 saturated heterocycles. The Morgan fingerprint density at radius 1 is 1.53 bits per heavy atom. The molecule has 0 bridgehead atoms. The zero-order chi connectivity index (χ0) is 12.3. The molecule has 1 atom stereocenters. The third-order valence-corrected chi connectivity index (χ3v) is 3.94. The van der Waals surface area contributed by atoms with E-state index in [1.165, 1.54) is 0 Å². The van der Waals surface area contributed by atoms with Crippen LogP contribution in [-0.2, 0) is 6.42 Å². The van der Waals surface area contributed by atoms with Crippen molar-refractivity contribution < 1.29 is 9.84 Å². The summed E-state index contributed by atoms with van der Waals surface area (Å²) in [4.78, 5) is 4.17. The van der Waals surface area contributed by atoms with Crippen molar-refractivity contribution in [2.24, 2.45) is 0 Å². The Morgan fingerprint density at radius 3 is 3.00 bits per heavy atom. The van der Waals surface area contributed by atoms with E-state index < -0.39 is 6.10 Å². The van der Waals surface area contributed by atoms with Gasteiger partial charge in [0.15, 0.2) is 0 Å². The molecule has 0 fully saturated rings. The van der Waals surface area contributed by atoms with Gasteiger partial charge in [-0.15, -0.1) is 11.3 Å². The molecule has 0 amide bonds. The van der Waals surface area contributed by atoms with Gasteiger partial charge >= 0.3 is 0 Å². The lowest BCUT2D eigenvalue weighted by Crippen LogP contribution is -2.03. The van der Waals surface area contributed by atoms with Gasteiger partial charge in [-0.2, -0.15) is 0 Å². The van der Waals surface area contributed by atoms with Crippen LogP contribution in [0.2, 0.25) is 0 Å². The first-order valence-electron chi connectivity index (χ1n) is 5.10. The Bertz CT molecular complexity index is 487. The summed E-state index contributed by atoms with van der Waals surface area (Å²) in [5.74, 6) is 0.737. The number of benzene rings is 1. The molecule has 3 nitrogen and oxygen atoms in total. The summed E-state index contributed by atoms with van der Waals surface area (Å²) in [6.45, 7) is 0. The minimum absolute atomic E-state index is 0.517. The summed E-state index contributed by atoms with van der Waals surface area (Å²) in [6, 6.07) is 5.56. The number of hydrogen-bond acceptors (Lipinski definition) is 4. The number of hydrogen-bond donors (Lipinski definition) is 1. The van der Waals surface area contributed by atoms with E-state index in [1.54, 1.807) is 24.6 Å². The van der Waals surface area contributed by atoms with Gasteiger partial charge in [0.05, 0.1) is 18.2 Å². The summed E-state index contributed by atoms with van der Waals surface area (Å²) >= 11 is 4.98. The monoisotopic (exact) mass is 313 g/mol. The molecule has 5 heteroatoms. The van der Waals surface area contributed by atoms with Crippen LogP contribution in [0.4, 0.5) is 0 Å². The summed E-state index contributed by atoms with van der Waals surface area (Å²) in [6.07, 6.45) is 1.68. The maximum Gasteiger partial charge on any atom is 0.119 e. The van der Waals surface area contributed by atoms with Crippen LogP contribution in [0.3, 0.4) is 0 Å². The molecule has 0 spiro atoms. The highest BCUT2D eigenvalue weighted by molar-refractivity contribution is 9.10. The Morgan fingerprint density at radius 2 is 2.35 bits per heavy atom. The first kappa shape index (κ1) is 12.5. The predicted molar refractivity (Wildman–Crippen MR) is 71.5 cm³/mol. The van der Waals surface area contributed by atoms with Crippen LogP contribution >= 0.6 is 27.3 Å². The lowest BCUT2D eigenvalue weighted by Gasteiger charge is -2.12. The Labute approximate surface area is 112 Å². The minimum atomic E-state index is -0.578. The molecule has 90 valence electrons. The predicted octanol–water partition coefficient (Wildman–Crippen LogP) is 3.19. The van der Waals surface area contributed by atoms with Crippen molar-refractivity contribution in [2.45, 2.75) is 12.5 Å². The molecule has 0 saturated carbocycles. The third kappa shape index (κ3) is 3.06. The van der Waals surface area contributed by atoms with Crippen molar-refractivity contribution in [2.75, 3.05) is 7.11 Å². The van der Waals surface area contributed by atoms with Gasteiger partial charge in [-0.3, -0.25) is 0 Å². The Hall–Kier alpha value is -0.910. The van der Waals surface area contributed by atoms with Crippen molar-refractivity contribution in [1.29, 1.82) is 0 Å². The average molecular weight is 314 g/mol. The fraction of sp³-hybridized carbons (Fsp3) is 0.250. The smallest absolute Gasteiger partial charge is 0.119 e. The summed E-state index contributed by atoms with van der Waals surface area (Å²) in [5, 5.41) is 13.0. The molecule has 1 unspecified atom stereocenters. The molecule has 0 aliphatic rings. The number of nitrogens with zero attached hydrogens (tertiary/aromatic N) is 1. The Kier molecular flexibility index (Phi) is 4.15. The van der Waals surface area contributed by atoms with Crippen molar-refractivity contribution in [1.82, 2.24) is 4.98 Å². The normalized spacial score (nSPS) is 12.4. The topological polar surface area (TPSA) is 42.4 Å². The quantitative estimate of drug-likeness (QED) is 0.942. The average Bonchev–Trinajstić information content (AvgIpc) is 2.82. The standard InChI is InChI=1S/C12H12BrNO2S/c1-16-8-2-3-10(13)9(6-8)11(15)7-12-14-4-5-17-12/h2-6,11,15H,7H2,1H3. The summed E-state index contributed by atoms with van der Waals surface area (Å²) < 4.78 is 6.03. The zero-order valence-corrected chi connectivity index (χ0v) is 11.7. The van der Waals surface area contributed by atoms with E-state index in [4.69, 9.17) is 4.74 Å². The van der Waals surface area contributed by atoms with Gasteiger partial charge in [-0.25, -0.2) is 4.98 Å². The SMILES string of the molecule is COc1ccc(Br)c(C(O)Cc2nccs2)c1. The summed E-state index contributed by atoms with van der Waals surface area (Å²) in [7, 11) is 1.61. The third-order valence-electron chi connectivity index (χ3n) is 2.41. The molecule has 1 aromatic carbocycles. The highest BCUT2D eigenvalue weighted by Crippen LogP contribution is 2.29. The lowest BCUT2D eigenvalue weighted by atomic mass is 10.1. The van der Waals surface area contributed by atoms with Crippen LogP contribution in [0.5, 0.6) is 5.75 Å². The molecule has 0 radical (unpaired) electrons. The summed E-state index contributed by atoms with van der Waals surface area (Å²) in [5.41, 5.74) is 0.819. The second-order valence-corrected chi connectivity index (χ2v) is 5.37. The molecular weight excluding hydrogens is 302 g/mol. The molecule has 1 N–H and O–H groups in total. The number of rotatable bonds is 4. The second-order valence-electron chi connectivity index (χ2n) is 3.53. The van der Waals surface area contributed by atoms with E-state index in [0.717, 1.165) is 20.8 Å². The number of aliphatic hydroxyl groups is 1. The van der Waals surface area contributed by atoms with Crippen molar-refractivity contribution in [3.05, 3.63) is 44.8 Å². The molecule has 2 aromatic rings. The first-order valence-corrected chi connectivity index (χ1v) is 6.78. The lowest BCUT2D eigenvalue weighted by molar-refractivity contribution is 0.177. The van der Waals surface area contributed by atoms with Crippen LogP contribution in [0, 0.1) is 0 Å². The van der Waals surface area contributed by atoms with Gasteiger partial charge < -0.3 is 9.84 Å². The Balaban J connectivity index is 2.20. The highest BCUT2D eigenvalue weighted by atomic mass is 79.9. The minimum Gasteiger partial charge on any atom is -0.497 e. The molecule has 0 aliphatic carbocycles. The number of ether oxygens (including phenoxy) is 1. The molecular formula is C12H12BrNO2S. The highest BCUT2D eigenvalue weighted by Gasteiger charge is 2.14. The van der Waals surface area contributed by atoms with Gasteiger partial charge in [-0.1, -0.05) is 15.9 Å². The van der Waals surface area contributed by atoms with E-state index in [2.05, 4.69) is 20.9 Å². The van der Waals surface area contributed by atoms with E-state index in [0.29, 0.717) is 6.42 Å². The van der Waals surface area contributed by atoms with Gasteiger partial charge in [-0.05, 0) is 23.8 Å². The van der Waals surface area contributed by atoms with E-state index in [9.17, 15) is 5.11 Å². The number of halogens is 1. The molecule has 1 aromatic heterocycles. The first-order chi connectivity index (χ1) is 8.20. The van der Waals surface area contributed by atoms with Gasteiger partial charge in [0.2, 0.25) is 0 Å². The molecule has 17 heavy (non-hydrogen) atoms. The number of aliphatic hydroxyl groups excluding tert-OH is 1. The number of aromatic nitrogens is 1. The van der Waals surface area contributed by atoms with Crippen LogP contribution in [0.1, 0.15) is 16.7 Å². The molecule has 2 rings (SSSR count). The number of methoxy groups -OCH3 is 1. The van der Waals surface area contributed by atoms with Gasteiger partial charge in [0.1, 0.15) is 5.75 Å². The van der Waals surface area contributed by atoms with Crippen molar-refractivity contribution in [3.63, 3.8) is 0 Å². The fourth-order valence-corrected chi connectivity index (χ4v) is 2.70. The molecule has 1 heterocycles. The van der Waals surface area contributed by atoms with Crippen molar-refractivity contribution >= 4 is 27.3 Å². The second kappa shape index (κ2) is 5.62. The maximum absolute atomic E-state index is 10.2. The van der Waals surface area contributed by atoms with E-state index in [1.807, 2.05) is 23.6 Å². The molecule has 0 aliphatic heterocycles. The van der Waals surface area contributed by atoms with Gasteiger partial charge in [0.25, 0.3) is 0 Å². The van der Waals surface area contributed by atoms with Gasteiger partial charge in [0, 0.05) is 22.5 Å². The maximum atomic E-state index is 10.2. The van der Waals surface area contributed by atoms with E-state index >= 15 is 0 Å². The zero-order valence-electron chi connectivity index (χ0n) is 9.26. The van der Waals surface area contributed by atoms with Crippen LogP contribution < -0.4 is 4.74 Å². The fourth-order valence-electron chi connectivity index (χ4n) is 1.53. The van der Waals surface area contributed by atoms with Crippen molar-refractivity contribution in [3.8, 4) is 5.75 Å². The number of thiazole rings is 1. The van der Waals surface area contributed by atoms with E-state index in [-0.39, 0.29) is 0 Å². The largest absolute Gasteiger partial charge is 0.497 e. The van der Waals surface area contributed by atoms with Crippen LogP contribution in [0.15, 0.2) is 34.2 Å². The van der Waals surface area contributed by atoms with Crippen LogP contribution in [0.25, 0.3) is 0 Å².